The van der Waals surface area contributed by atoms with Crippen LogP contribution in [0.4, 0.5) is 0 Å². The standard InChI is InChI=1S/2C7H7ClO.Zr/c2*8-5-6-1-3-7(9)4-2-6;/h2*1-4,9H,5H2;. The van der Waals surface area contributed by atoms with Gasteiger partial charge in [0.15, 0.2) is 0 Å². The molecule has 0 heterocycles. The van der Waals surface area contributed by atoms with Crippen molar-refractivity contribution in [2.45, 2.75) is 11.8 Å². The van der Waals surface area contributed by atoms with Gasteiger partial charge in [-0.3, -0.25) is 0 Å². The minimum Gasteiger partial charge on any atom is -0.508 e. The van der Waals surface area contributed by atoms with Crippen molar-refractivity contribution in [3.63, 3.8) is 0 Å². The number of phenolic OH excluding ortho intramolecular Hbond substituents is 2. The van der Waals surface area contributed by atoms with Crippen molar-refractivity contribution >= 4 is 23.2 Å². The fourth-order valence-corrected chi connectivity index (χ4v) is 1.53. The number of phenols is 2. The van der Waals surface area contributed by atoms with E-state index >= 15 is 0 Å². The molecule has 0 aliphatic heterocycles. The minimum absolute atomic E-state index is 0. The Bertz CT molecular complexity index is 412. The van der Waals surface area contributed by atoms with Crippen LogP contribution in [0.25, 0.3) is 0 Å². The Labute approximate surface area is 142 Å². The Kier molecular flexibility index (Phi) is 10.0. The van der Waals surface area contributed by atoms with Crippen molar-refractivity contribution in [2.24, 2.45) is 0 Å². The monoisotopic (exact) mass is 374 g/mol. The zero-order valence-corrected chi connectivity index (χ0v) is 14.2. The first-order valence-corrected chi connectivity index (χ1v) is 6.40. The van der Waals surface area contributed by atoms with Gasteiger partial charge in [0.25, 0.3) is 0 Å². The van der Waals surface area contributed by atoms with Gasteiger partial charge in [0, 0.05) is 38.0 Å². The van der Waals surface area contributed by atoms with Crippen LogP contribution in [-0.4, -0.2) is 10.2 Å². The summed E-state index contributed by atoms with van der Waals surface area (Å²) in [4.78, 5) is 0. The molecule has 0 radical (unpaired) electrons. The molecule has 0 aromatic heterocycles. The predicted octanol–water partition coefficient (Wildman–Crippen LogP) is 4.26. The first-order chi connectivity index (χ1) is 8.65. The molecule has 2 aromatic carbocycles. The van der Waals surface area contributed by atoms with E-state index in [1.54, 1.807) is 48.5 Å². The maximum Gasteiger partial charge on any atom is 0.115 e. The second-order valence-electron chi connectivity index (χ2n) is 3.60. The molecule has 0 fully saturated rings. The van der Waals surface area contributed by atoms with Gasteiger partial charge in [-0.05, 0) is 35.4 Å². The van der Waals surface area contributed by atoms with Crippen LogP contribution in [0, 0.1) is 0 Å². The van der Waals surface area contributed by atoms with E-state index in [2.05, 4.69) is 0 Å². The Hall–Kier alpha value is -0.497. The molecule has 0 aliphatic rings. The van der Waals surface area contributed by atoms with Gasteiger partial charge in [-0.25, -0.2) is 0 Å². The van der Waals surface area contributed by atoms with Crippen LogP contribution in [0.2, 0.25) is 0 Å². The van der Waals surface area contributed by atoms with Crippen LogP contribution in [0.1, 0.15) is 11.1 Å². The van der Waals surface area contributed by atoms with E-state index in [-0.39, 0.29) is 37.7 Å². The Morgan fingerprint density at radius 2 is 0.895 bits per heavy atom. The van der Waals surface area contributed by atoms with Gasteiger partial charge in [-0.2, -0.15) is 0 Å². The third kappa shape index (κ3) is 7.62. The summed E-state index contributed by atoms with van der Waals surface area (Å²) < 4.78 is 0. The summed E-state index contributed by atoms with van der Waals surface area (Å²) in [5.41, 5.74) is 2.05. The number of rotatable bonds is 2. The van der Waals surface area contributed by atoms with Gasteiger partial charge in [-0.15, -0.1) is 23.2 Å². The van der Waals surface area contributed by atoms with E-state index in [1.807, 2.05) is 0 Å². The van der Waals surface area contributed by atoms with E-state index in [0.717, 1.165) is 11.1 Å². The van der Waals surface area contributed by atoms with Crippen LogP contribution in [0.5, 0.6) is 11.5 Å². The second-order valence-corrected chi connectivity index (χ2v) is 4.13. The smallest absolute Gasteiger partial charge is 0.115 e. The summed E-state index contributed by atoms with van der Waals surface area (Å²) in [6.07, 6.45) is 0. The normalized spacial score (nSPS) is 8.95. The number of aromatic hydroxyl groups is 2. The molecule has 0 aliphatic carbocycles. The molecule has 5 heteroatoms. The largest absolute Gasteiger partial charge is 0.508 e. The molecule has 0 saturated heterocycles. The average molecular weight is 376 g/mol. The third-order valence-corrected chi connectivity index (χ3v) is 2.80. The molecule has 0 spiro atoms. The van der Waals surface area contributed by atoms with Crippen LogP contribution in [-0.2, 0) is 38.0 Å². The first kappa shape index (κ1) is 18.5. The van der Waals surface area contributed by atoms with Gasteiger partial charge in [0.05, 0.1) is 0 Å². The number of hydrogen-bond donors (Lipinski definition) is 2. The van der Waals surface area contributed by atoms with Crippen molar-refractivity contribution in [1.29, 1.82) is 0 Å². The van der Waals surface area contributed by atoms with Gasteiger partial charge >= 0.3 is 0 Å². The topological polar surface area (TPSA) is 40.5 Å². The quantitative estimate of drug-likeness (QED) is 0.769. The molecule has 2 aromatic rings. The van der Waals surface area contributed by atoms with Crippen molar-refractivity contribution in [2.75, 3.05) is 0 Å². The molecule has 0 bridgehead atoms. The van der Waals surface area contributed by atoms with E-state index in [9.17, 15) is 0 Å². The summed E-state index contributed by atoms with van der Waals surface area (Å²) in [6, 6.07) is 13.7. The fraction of sp³-hybridized carbons (Fsp3) is 0.143. The molecule has 2 nitrogen and oxygen atoms in total. The zero-order chi connectivity index (χ0) is 13.4. The summed E-state index contributed by atoms with van der Waals surface area (Å²) >= 11 is 11.0. The van der Waals surface area contributed by atoms with Gasteiger partial charge in [0.1, 0.15) is 11.5 Å². The van der Waals surface area contributed by atoms with Gasteiger partial charge in [0.2, 0.25) is 0 Å². The zero-order valence-electron chi connectivity index (χ0n) is 10.2. The second kappa shape index (κ2) is 10.3. The summed E-state index contributed by atoms with van der Waals surface area (Å²) in [5.74, 6) is 1.56. The third-order valence-electron chi connectivity index (χ3n) is 2.18. The number of benzene rings is 2. The summed E-state index contributed by atoms with van der Waals surface area (Å²) in [6.45, 7) is 0. The molecule has 2 rings (SSSR count). The maximum absolute atomic E-state index is 8.81. The molecule has 0 amide bonds. The van der Waals surface area contributed by atoms with Crippen LogP contribution in [0.15, 0.2) is 48.5 Å². The fourth-order valence-electron chi connectivity index (χ4n) is 1.17. The molecule has 0 atom stereocenters. The molecular formula is C14H14Cl2O2Zr. The molecule has 19 heavy (non-hydrogen) atoms. The molecule has 100 valence electrons. The molecule has 0 saturated carbocycles. The first-order valence-electron chi connectivity index (χ1n) is 5.33. The van der Waals surface area contributed by atoms with Crippen molar-refractivity contribution in [1.82, 2.24) is 0 Å². The van der Waals surface area contributed by atoms with E-state index in [4.69, 9.17) is 33.4 Å². The maximum atomic E-state index is 8.81. The van der Waals surface area contributed by atoms with Crippen LogP contribution in [0.3, 0.4) is 0 Å². The minimum atomic E-state index is 0. The molecule has 0 unspecified atom stereocenters. The van der Waals surface area contributed by atoms with Crippen LogP contribution < -0.4 is 0 Å². The summed E-state index contributed by atoms with van der Waals surface area (Å²) in [7, 11) is 0. The average Bonchev–Trinajstić information content (AvgIpc) is 2.41. The Morgan fingerprint density at radius 1 is 0.632 bits per heavy atom. The Morgan fingerprint density at radius 3 is 1.11 bits per heavy atom. The van der Waals surface area contributed by atoms with E-state index in [1.165, 1.54) is 0 Å². The van der Waals surface area contributed by atoms with Crippen molar-refractivity contribution in [3.05, 3.63) is 59.7 Å². The van der Waals surface area contributed by atoms with Gasteiger partial charge in [-0.1, -0.05) is 24.3 Å². The number of hydrogen-bond acceptors (Lipinski definition) is 2. The van der Waals surface area contributed by atoms with E-state index in [0.29, 0.717) is 11.8 Å². The molecule has 2 N–H and O–H groups in total. The summed E-state index contributed by atoms with van der Waals surface area (Å²) in [5, 5.41) is 17.6. The number of alkyl halides is 2. The van der Waals surface area contributed by atoms with Crippen molar-refractivity contribution < 1.29 is 36.4 Å². The predicted molar refractivity (Wildman–Crippen MR) is 75.3 cm³/mol. The van der Waals surface area contributed by atoms with Crippen molar-refractivity contribution in [3.8, 4) is 11.5 Å². The number of halogens is 2. The molecular weight excluding hydrogens is 362 g/mol. The Balaban J connectivity index is 0.000000324. The van der Waals surface area contributed by atoms with E-state index < -0.39 is 0 Å². The van der Waals surface area contributed by atoms with Gasteiger partial charge < -0.3 is 10.2 Å². The SMILES string of the molecule is Oc1ccc(CCl)cc1.Oc1ccc(CCl)cc1.[Zr]. The van der Waals surface area contributed by atoms with Crippen LogP contribution >= 0.6 is 23.2 Å².